The number of hydrogen-bond donors (Lipinski definition) is 2. The number of primary amides is 1. The van der Waals surface area contributed by atoms with E-state index >= 15 is 0 Å². The van der Waals surface area contributed by atoms with Crippen LogP contribution in [0.5, 0.6) is 0 Å². The molecule has 1 unspecified atom stereocenters. The Morgan fingerprint density at radius 3 is 2.44 bits per heavy atom. The standard InChI is InChI=1S/C21H23N5O/c1-15-20(19(21(22)27)24-26(15)17-10-6-3-7-11-17)25-13-12-23-14-18(25)16-8-4-2-5-9-16/h2-11,18,23H,12-14H2,1H3,(H2,22,27). The lowest BCUT2D eigenvalue weighted by atomic mass is 10.0. The van der Waals surface area contributed by atoms with Crippen LogP contribution < -0.4 is 16.0 Å². The predicted octanol–water partition coefficient (Wildman–Crippen LogP) is 2.43. The summed E-state index contributed by atoms with van der Waals surface area (Å²) in [5.74, 6) is -0.506. The molecule has 0 radical (unpaired) electrons. The number of hydrogen-bond acceptors (Lipinski definition) is 4. The highest BCUT2D eigenvalue weighted by Crippen LogP contribution is 2.34. The third-order valence-corrected chi connectivity index (χ3v) is 5.03. The molecule has 1 amide bonds. The van der Waals surface area contributed by atoms with Gasteiger partial charge in [-0.1, -0.05) is 48.5 Å². The summed E-state index contributed by atoms with van der Waals surface area (Å²) in [6, 6.07) is 20.3. The second-order valence-electron chi connectivity index (χ2n) is 6.72. The summed E-state index contributed by atoms with van der Waals surface area (Å²) in [7, 11) is 0. The van der Waals surface area contributed by atoms with Crippen molar-refractivity contribution in [2.75, 3.05) is 24.5 Å². The average Bonchev–Trinajstić information content (AvgIpc) is 3.07. The zero-order valence-electron chi connectivity index (χ0n) is 15.3. The molecule has 1 saturated heterocycles. The topological polar surface area (TPSA) is 76.2 Å². The molecule has 1 aliphatic rings. The van der Waals surface area contributed by atoms with E-state index in [4.69, 9.17) is 5.73 Å². The van der Waals surface area contributed by atoms with Crippen LogP contribution in [0, 0.1) is 6.92 Å². The quantitative estimate of drug-likeness (QED) is 0.748. The number of anilines is 1. The zero-order chi connectivity index (χ0) is 18.8. The maximum atomic E-state index is 12.2. The van der Waals surface area contributed by atoms with Gasteiger partial charge in [-0.2, -0.15) is 5.10 Å². The molecule has 138 valence electrons. The lowest BCUT2D eigenvalue weighted by Crippen LogP contribution is -2.46. The minimum absolute atomic E-state index is 0.116. The van der Waals surface area contributed by atoms with Gasteiger partial charge >= 0.3 is 0 Å². The monoisotopic (exact) mass is 361 g/mol. The summed E-state index contributed by atoms with van der Waals surface area (Å²) in [4.78, 5) is 14.5. The molecule has 0 bridgehead atoms. The third kappa shape index (κ3) is 3.19. The first-order chi connectivity index (χ1) is 13.2. The Kier molecular flexibility index (Phi) is 4.64. The summed E-state index contributed by atoms with van der Waals surface area (Å²) in [5.41, 5.74) is 9.88. The molecule has 0 spiro atoms. The molecule has 0 aliphatic carbocycles. The number of piperazine rings is 1. The molecule has 1 aromatic heterocycles. The normalized spacial score (nSPS) is 17.1. The van der Waals surface area contributed by atoms with Crippen molar-refractivity contribution in [3.63, 3.8) is 0 Å². The number of rotatable bonds is 4. The molecule has 2 heterocycles. The van der Waals surface area contributed by atoms with Gasteiger partial charge in [-0.15, -0.1) is 0 Å². The van der Waals surface area contributed by atoms with Gasteiger partial charge in [0.15, 0.2) is 5.69 Å². The molecule has 1 fully saturated rings. The minimum atomic E-state index is -0.506. The lowest BCUT2D eigenvalue weighted by Gasteiger charge is -2.38. The molecule has 4 rings (SSSR count). The van der Waals surface area contributed by atoms with E-state index in [0.29, 0.717) is 5.69 Å². The maximum Gasteiger partial charge on any atom is 0.271 e. The molecule has 1 atom stereocenters. The zero-order valence-corrected chi connectivity index (χ0v) is 15.3. The van der Waals surface area contributed by atoms with Gasteiger partial charge in [0.25, 0.3) is 5.91 Å². The molecule has 3 aromatic rings. The van der Waals surface area contributed by atoms with Crippen molar-refractivity contribution in [1.82, 2.24) is 15.1 Å². The van der Waals surface area contributed by atoms with E-state index < -0.39 is 5.91 Å². The fraction of sp³-hybridized carbons (Fsp3) is 0.238. The Hall–Kier alpha value is -3.12. The molecule has 6 nitrogen and oxygen atoms in total. The Morgan fingerprint density at radius 1 is 1.11 bits per heavy atom. The second kappa shape index (κ2) is 7.25. The number of nitrogens with zero attached hydrogens (tertiary/aromatic N) is 3. The van der Waals surface area contributed by atoms with Gasteiger partial charge in [0.05, 0.1) is 23.1 Å². The van der Waals surface area contributed by atoms with Crippen molar-refractivity contribution in [3.8, 4) is 5.69 Å². The lowest BCUT2D eigenvalue weighted by molar-refractivity contribution is 0.0995. The van der Waals surface area contributed by atoms with Crippen molar-refractivity contribution < 1.29 is 4.79 Å². The first kappa shape index (κ1) is 17.3. The number of aromatic nitrogens is 2. The van der Waals surface area contributed by atoms with E-state index in [1.807, 2.05) is 55.5 Å². The van der Waals surface area contributed by atoms with Crippen LogP contribution in [0.1, 0.15) is 27.8 Å². The van der Waals surface area contributed by atoms with E-state index in [1.54, 1.807) is 4.68 Å². The molecule has 3 N–H and O–H groups in total. The molecule has 1 aliphatic heterocycles. The van der Waals surface area contributed by atoms with Crippen molar-refractivity contribution in [1.29, 1.82) is 0 Å². The smallest absolute Gasteiger partial charge is 0.271 e. The van der Waals surface area contributed by atoms with Crippen LogP contribution in [0.3, 0.4) is 0 Å². The first-order valence-corrected chi connectivity index (χ1v) is 9.14. The van der Waals surface area contributed by atoms with Crippen LogP contribution in [0.4, 0.5) is 5.69 Å². The number of carbonyl (C=O) groups excluding carboxylic acids is 1. The third-order valence-electron chi connectivity index (χ3n) is 5.03. The van der Waals surface area contributed by atoms with Crippen LogP contribution in [0.25, 0.3) is 5.69 Å². The summed E-state index contributed by atoms with van der Waals surface area (Å²) >= 11 is 0. The van der Waals surface area contributed by atoms with E-state index in [0.717, 1.165) is 36.7 Å². The summed E-state index contributed by atoms with van der Waals surface area (Å²) in [6.45, 7) is 4.42. The van der Waals surface area contributed by atoms with Crippen molar-refractivity contribution >= 4 is 11.6 Å². The molecular formula is C21H23N5O. The molecular weight excluding hydrogens is 338 g/mol. The van der Waals surface area contributed by atoms with Gasteiger partial charge < -0.3 is 16.0 Å². The molecule has 27 heavy (non-hydrogen) atoms. The van der Waals surface area contributed by atoms with Gasteiger partial charge in [-0.05, 0) is 24.6 Å². The van der Waals surface area contributed by atoms with Gasteiger partial charge in [0.2, 0.25) is 0 Å². The predicted molar refractivity (Wildman–Crippen MR) is 106 cm³/mol. The Labute approximate surface area is 158 Å². The van der Waals surface area contributed by atoms with Crippen LogP contribution in [-0.2, 0) is 0 Å². The molecule has 2 aromatic carbocycles. The Morgan fingerprint density at radius 2 is 1.78 bits per heavy atom. The van der Waals surface area contributed by atoms with Crippen molar-refractivity contribution in [2.45, 2.75) is 13.0 Å². The van der Waals surface area contributed by atoms with Gasteiger partial charge in [-0.25, -0.2) is 4.68 Å². The summed E-state index contributed by atoms with van der Waals surface area (Å²) in [5, 5.41) is 8.02. The van der Waals surface area contributed by atoms with E-state index in [-0.39, 0.29) is 6.04 Å². The van der Waals surface area contributed by atoms with Gasteiger partial charge in [0, 0.05) is 19.6 Å². The van der Waals surface area contributed by atoms with Crippen LogP contribution in [0.15, 0.2) is 60.7 Å². The van der Waals surface area contributed by atoms with Crippen molar-refractivity contribution in [2.24, 2.45) is 5.73 Å². The number of carbonyl (C=O) groups is 1. The minimum Gasteiger partial charge on any atom is -0.364 e. The van der Waals surface area contributed by atoms with Gasteiger partial charge in [0.1, 0.15) is 0 Å². The van der Waals surface area contributed by atoms with E-state index in [9.17, 15) is 4.79 Å². The van der Waals surface area contributed by atoms with Crippen molar-refractivity contribution in [3.05, 3.63) is 77.6 Å². The molecule has 0 saturated carbocycles. The summed E-state index contributed by atoms with van der Waals surface area (Å²) in [6.07, 6.45) is 0. The maximum absolute atomic E-state index is 12.2. The summed E-state index contributed by atoms with van der Waals surface area (Å²) < 4.78 is 1.81. The Bertz CT molecular complexity index is 936. The first-order valence-electron chi connectivity index (χ1n) is 9.14. The highest BCUT2D eigenvalue weighted by Gasteiger charge is 2.31. The average molecular weight is 361 g/mol. The van der Waals surface area contributed by atoms with E-state index in [2.05, 4.69) is 27.4 Å². The number of nitrogens with two attached hydrogens (primary N) is 1. The number of para-hydroxylation sites is 1. The number of benzene rings is 2. The molecule has 6 heteroatoms. The highest BCUT2D eigenvalue weighted by molar-refractivity contribution is 5.97. The Balaban J connectivity index is 1.84. The number of nitrogens with one attached hydrogen (secondary N) is 1. The fourth-order valence-corrected chi connectivity index (χ4v) is 3.77. The van der Waals surface area contributed by atoms with Crippen LogP contribution in [-0.4, -0.2) is 35.3 Å². The largest absolute Gasteiger partial charge is 0.364 e. The number of amides is 1. The van der Waals surface area contributed by atoms with Gasteiger partial charge in [-0.3, -0.25) is 4.79 Å². The van der Waals surface area contributed by atoms with E-state index in [1.165, 1.54) is 5.56 Å². The fourth-order valence-electron chi connectivity index (χ4n) is 3.77. The van der Waals surface area contributed by atoms with Crippen LogP contribution >= 0.6 is 0 Å². The highest BCUT2D eigenvalue weighted by atomic mass is 16.1. The SMILES string of the molecule is Cc1c(N2CCNCC2c2ccccc2)c(C(N)=O)nn1-c1ccccc1. The van der Waals surface area contributed by atoms with Crippen LogP contribution in [0.2, 0.25) is 0 Å². The second-order valence-corrected chi connectivity index (χ2v) is 6.72.